The fourth-order valence-electron chi connectivity index (χ4n) is 3.31. The Hall–Kier alpha value is -4.18. The van der Waals surface area contributed by atoms with Gasteiger partial charge in [0.1, 0.15) is 5.82 Å². The fourth-order valence-corrected chi connectivity index (χ4v) is 3.53. The van der Waals surface area contributed by atoms with Crippen LogP contribution in [0, 0.1) is 5.82 Å². The van der Waals surface area contributed by atoms with Gasteiger partial charge >= 0.3 is 0 Å². The summed E-state index contributed by atoms with van der Waals surface area (Å²) >= 11 is 6.03. The zero-order valence-electron chi connectivity index (χ0n) is 20.9. The molecule has 2 aromatic carbocycles. The van der Waals surface area contributed by atoms with Gasteiger partial charge in [-0.3, -0.25) is 9.59 Å². The molecule has 194 valence electrons. The number of benzene rings is 2. The number of amides is 2. The van der Waals surface area contributed by atoms with E-state index < -0.39 is 11.7 Å². The Labute approximate surface area is 220 Å². The van der Waals surface area contributed by atoms with E-state index in [9.17, 15) is 14.0 Å². The standard InChI is InChI=1S/C26H29ClFN7O2/c1-5-23(36)35(4)21-16-18(15-20(27)24(21)28)32-22-11-14-31-26(33-22)30-13-6-12-29-25(37)17-7-9-19(10-8-17)34(2)3/h5,7-11,14-16H,1,6,12-13H2,2-4H3,(H,29,37)(H2,30,31,32,33). The average molecular weight is 526 g/mol. The number of hydrogen-bond donors (Lipinski definition) is 3. The molecule has 0 saturated carbocycles. The molecule has 0 aliphatic carbocycles. The molecule has 1 heterocycles. The van der Waals surface area contributed by atoms with E-state index >= 15 is 0 Å². The van der Waals surface area contributed by atoms with Crippen LogP contribution < -0.4 is 25.8 Å². The van der Waals surface area contributed by atoms with Crippen molar-refractivity contribution in [1.29, 1.82) is 0 Å². The second-order valence-corrected chi connectivity index (χ2v) is 8.67. The maximum Gasteiger partial charge on any atom is 0.251 e. The summed E-state index contributed by atoms with van der Waals surface area (Å²) in [6.07, 6.45) is 3.31. The highest BCUT2D eigenvalue weighted by Crippen LogP contribution is 2.31. The number of likely N-dealkylation sites (N-methyl/N-ethyl adjacent to an activating group) is 1. The summed E-state index contributed by atoms with van der Waals surface area (Å²) in [5, 5.41) is 8.90. The molecule has 0 bridgehead atoms. The number of carbonyl (C=O) groups excluding carboxylic acids is 2. The van der Waals surface area contributed by atoms with Gasteiger partial charge in [0.15, 0.2) is 5.82 Å². The normalized spacial score (nSPS) is 10.4. The lowest BCUT2D eigenvalue weighted by molar-refractivity contribution is -0.113. The van der Waals surface area contributed by atoms with Gasteiger partial charge in [-0.25, -0.2) is 9.37 Å². The van der Waals surface area contributed by atoms with Crippen LogP contribution in [0.25, 0.3) is 0 Å². The lowest BCUT2D eigenvalue weighted by atomic mass is 10.2. The van der Waals surface area contributed by atoms with Gasteiger partial charge in [0.05, 0.1) is 10.7 Å². The maximum atomic E-state index is 14.5. The minimum Gasteiger partial charge on any atom is -0.378 e. The largest absolute Gasteiger partial charge is 0.378 e. The van der Waals surface area contributed by atoms with Gasteiger partial charge in [0, 0.05) is 57.4 Å². The number of halogens is 2. The molecule has 0 aliphatic rings. The van der Waals surface area contributed by atoms with Crippen LogP contribution in [-0.4, -0.2) is 56.0 Å². The van der Waals surface area contributed by atoms with Crippen molar-refractivity contribution in [2.45, 2.75) is 6.42 Å². The van der Waals surface area contributed by atoms with Crippen LogP contribution >= 0.6 is 11.6 Å². The zero-order chi connectivity index (χ0) is 26.9. The molecule has 1 aromatic heterocycles. The third kappa shape index (κ3) is 7.40. The van der Waals surface area contributed by atoms with E-state index in [1.807, 2.05) is 31.1 Å². The van der Waals surface area contributed by atoms with Crippen molar-refractivity contribution in [2.24, 2.45) is 0 Å². The third-order valence-electron chi connectivity index (χ3n) is 5.37. The first kappa shape index (κ1) is 27.4. The van der Waals surface area contributed by atoms with Crippen LogP contribution in [0.2, 0.25) is 5.02 Å². The minimum atomic E-state index is -0.715. The number of hydrogen-bond acceptors (Lipinski definition) is 7. The highest BCUT2D eigenvalue weighted by atomic mass is 35.5. The Morgan fingerprint density at radius 1 is 1.11 bits per heavy atom. The SMILES string of the molecule is C=CC(=O)N(C)c1cc(Nc2ccnc(NCCCNC(=O)c3ccc(N(C)C)cc3)n2)cc(Cl)c1F. The molecular formula is C26H29ClFN7O2. The smallest absolute Gasteiger partial charge is 0.251 e. The Kier molecular flexibility index (Phi) is 9.39. The van der Waals surface area contributed by atoms with Gasteiger partial charge in [-0.2, -0.15) is 4.98 Å². The zero-order valence-corrected chi connectivity index (χ0v) is 21.6. The summed E-state index contributed by atoms with van der Waals surface area (Å²) in [6, 6.07) is 11.9. The van der Waals surface area contributed by atoms with Crippen molar-refractivity contribution < 1.29 is 14.0 Å². The number of nitrogens with zero attached hydrogens (tertiary/aromatic N) is 4. The topological polar surface area (TPSA) is 102 Å². The van der Waals surface area contributed by atoms with E-state index in [0.29, 0.717) is 42.5 Å². The number of aromatic nitrogens is 2. The molecule has 9 nitrogen and oxygen atoms in total. The number of carbonyl (C=O) groups is 2. The number of rotatable bonds is 11. The van der Waals surface area contributed by atoms with E-state index in [4.69, 9.17) is 11.6 Å². The van der Waals surface area contributed by atoms with Crippen LogP contribution in [-0.2, 0) is 4.79 Å². The molecule has 2 amide bonds. The molecule has 0 saturated heterocycles. The first-order valence-corrected chi connectivity index (χ1v) is 11.9. The van der Waals surface area contributed by atoms with Gasteiger partial charge in [-0.1, -0.05) is 18.2 Å². The van der Waals surface area contributed by atoms with E-state index in [0.717, 1.165) is 16.7 Å². The molecule has 0 aliphatic heterocycles. The summed E-state index contributed by atoms with van der Waals surface area (Å²) < 4.78 is 14.5. The Balaban J connectivity index is 1.53. The molecule has 37 heavy (non-hydrogen) atoms. The van der Waals surface area contributed by atoms with Crippen molar-refractivity contribution in [3.63, 3.8) is 0 Å². The summed E-state index contributed by atoms with van der Waals surface area (Å²) in [5.41, 5.74) is 2.07. The van der Waals surface area contributed by atoms with E-state index in [2.05, 4.69) is 32.5 Å². The number of anilines is 5. The van der Waals surface area contributed by atoms with E-state index in [1.165, 1.54) is 19.2 Å². The van der Waals surface area contributed by atoms with Crippen LogP contribution in [0.1, 0.15) is 16.8 Å². The van der Waals surface area contributed by atoms with Crippen molar-refractivity contribution in [3.8, 4) is 0 Å². The molecule has 3 N–H and O–H groups in total. The Morgan fingerprint density at radius 2 is 1.84 bits per heavy atom. The molecule has 0 fully saturated rings. The molecule has 0 radical (unpaired) electrons. The molecule has 11 heteroatoms. The van der Waals surface area contributed by atoms with Gasteiger partial charge in [0.25, 0.3) is 5.91 Å². The predicted octanol–water partition coefficient (Wildman–Crippen LogP) is 4.46. The number of nitrogens with one attached hydrogen (secondary N) is 3. The van der Waals surface area contributed by atoms with Crippen LogP contribution in [0.4, 0.5) is 33.2 Å². The first-order chi connectivity index (χ1) is 17.7. The van der Waals surface area contributed by atoms with Gasteiger partial charge in [-0.15, -0.1) is 0 Å². The Morgan fingerprint density at radius 3 is 2.51 bits per heavy atom. The molecular weight excluding hydrogens is 497 g/mol. The van der Waals surface area contributed by atoms with Crippen molar-refractivity contribution in [1.82, 2.24) is 15.3 Å². The second kappa shape index (κ2) is 12.7. The molecule has 0 unspecified atom stereocenters. The van der Waals surface area contributed by atoms with Crippen LogP contribution in [0.3, 0.4) is 0 Å². The Bertz CT molecular complexity index is 1270. The second-order valence-electron chi connectivity index (χ2n) is 8.26. The summed E-state index contributed by atoms with van der Waals surface area (Å²) in [4.78, 5) is 35.9. The molecule has 3 aromatic rings. The van der Waals surface area contributed by atoms with Gasteiger partial charge in [0.2, 0.25) is 11.9 Å². The summed E-state index contributed by atoms with van der Waals surface area (Å²) in [5.74, 6) is -0.501. The van der Waals surface area contributed by atoms with Crippen LogP contribution in [0.15, 0.2) is 61.3 Å². The summed E-state index contributed by atoms with van der Waals surface area (Å²) in [6.45, 7) is 4.43. The van der Waals surface area contributed by atoms with Gasteiger partial charge < -0.3 is 25.8 Å². The van der Waals surface area contributed by atoms with Crippen molar-refractivity contribution in [3.05, 3.63) is 77.7 Å². The maximum absolute atomic E-state index is 14.5. The lowest BCUT2D eigenvalue weighted by Gasteiger charge is -2.18. The summed E-state index contributed by atoms with van der Waals surface area (Å²) in [7, 11) is 5.32. The van der Waals surface area contributed by atoms with Gasteiger partial charge in [-0.05, 0) is 55.0 Å². The quantitative estimate of drug-likeness (QED) is 0.251. The highest BCUT2D eigenvalue weighted by molar-refractivity contribution is 6.31. The third-order valence-corrected chi connectivity index (χ3v) is 5.65. The van der Waals surface area contributed by atoms with Crippen LogP contribution in [0.5, 0.6) is 0 Å². The van der Waals surface area contributed by atoms with E-state index in [1.54, 1.807) is 24.4 Å². The first-order valence-electron chi connectivity index (χ1n) is 11.5. The highest BCUT2D eigenvalue weighted by Gasteiger charge is 2.17. The lowest BCUT2D eigenvalue weighted by Crippen LogP contribution is -2.26. The monoisotopic (exact) mass is 525 g/mol. The van der Waals surface area contributed by atoms with Crippen molar-refractivity contribution >= 4 is 52.2 Å². The average Bonchev–Trinajstić information content (AvgIpc) is 2.89. The predicted molar refractivity (Wildman–Crippen MR) is 147 cm³/mol. The molecule has 0 atom stereocenters. The molecule has 3 rings (SSSR count). The van der Waals surface area contributed by atoms with Crippen molar-refractivity contribution in [2.75, 3.05) is 54.7 Å². The fraction of sp³-hybridized carbons (Fsp3) is 0.231. The minimum absolute atomic E-state index is 0.00277. The van der Waals surface area contributed by atoms with E-state index in [-0.39, 0.29) is 16.6 Å². The molecule has 0 spiro atoms.